The van der Waals surface area contributed by atoms with Gasteiger partial charge in [-0.1, -0.05) is 0 Å². The SMILES string of the molecule is NC(=O)c1cc(N=O)nc2c1CCCN2. The Morgan fingerprint density at radius 2 is 2.40 bits per heavy atom. The highest BCUT2D eigenvalue weighted by Crippen LogP contribution is 2.26. The zero-order valence-electron chi connectivity index (χ0n) is 7.99. The number of carbonyl (C=O) groups is 1. The molecule has 0 unspecified atom stereocenters. The highest BCUT2D eigenvalue weighted by Gasteiger charge is 2.19. The van der Waals surface area contributed by atoms with Crippen molar-refractivity contribution < 1.29 is 4.79 Å². The summed E-state index contributed by atoms with van der Waals surface area (Å²) >= 11 is 0. The first-order valence-electron chi connectivity index (χ1n) is 4.63. The van der Waals surface area contributed by atoms with Crippen molar-refractivity contribution in [2.24, 2.45) is 10.9 Å². The van der Waals surface area contributed by atoms with Gasteiger partial charge in [0, 0.05) is 17.7 Å². The van der Waals surface area contributed by atoms with E-state index < -0.39 is 5.91 Å². The summed E-state index contributed by atoms with van der Waals surface area (Å²) in [5.41, 5.74) is 6.34. The smallest absolute Gasteiger partial charge is 0.249 e. The summed E-state index contributed by atoms with van der Waals surface area (Å²) < 4.78 is 0. The summed E-state index contributed by atoms with van der Waals surface area (Å²) in [6.45, 7) is 0.778. The second-order valence-electron chi connectivity index (χ2n) is 3.34. The standard InChI is InChI=1S/C9H10N4O2/c10-8(14)6-4-7(13-15)12-9-5(6)2-1-3-11-9/h4H,1-3H2,(H2,10,14)(H,11,12). The lowest BCUT2D eigenvalue weighted by molar-refractivity contribution is 0.0999. The first kappa shape index (κ1) is 9.57. The van der Waals surface area contributed by atoms with Crippen LogP contribution >= 0.6 is 0 Å². The Kier molecular flexibility index (Phi) is 2.32. The van der Waals surface area contributed by atoms with Gasteiger partial charge in [-0.2, -0.15) is 0 Å². The zero-order chi connectivity index (χ0) is 10.8. The molecule has 0 saturated heterocycles. The summed E-state index contributed by atoms with van der Waals surface area (Å²) in [7, 11) is 0. The molecule has 1 aromatic heterocycles. The van der Waals surface area contributed by atoms with Gasteiger partial charge in [0.25, 0.3) is 0 Å². The molecule has 1 aliphatic heterocycles. The number of nitroso groups, excluding NO2 is 1. The number of rotatable bonds is 2. The minimum Gasteiger partial charge on any atom is -0.370 e. The van der Waals surface area contributed by atoms with Gasteiger partial charge in [-0.15, -0.1) is 4.91 Å². The van der Waals surface area contributed by atoms with Gasteiger partial charge in [0.05, 0.1) is 0 Å². The number of hydrogen-bond donors (Lipinski definition) is 2. The Balaban J connectivity index is 2.60. The highest BCUT2D eigenvalue weighted by molar-refractivity contribution is 5.96. The van der Waals surface area contributed by atoms with E-state index in [1.807, 2.05) is 0 Å². The van der Waals surface area contributed by atoms with Crippen LogP contribution in [-0.4, -0.2) is 17.4 Å². The molecule has 1 aliphatic rings. The molecule has 0 radical (unpaired) electrons. The largest absolute Gasteiger partial charge is 0.370 e. The van der Waals surface area contributed by atoms with Crippen molar-refractivity contribution in [3.63, 3.8) is 0 Å². The summed E-state index contributed by atoms with van der Waals surface area (Å²) in [5.74, 6) is -0.0219. The van der Waals surface area contributed by atoms with Crippen LogP contribution in [0, 0.1) is 4.91 Å². The van der Waals surface area contributed by atoms with Crippen LogP contribution in [0.25, 0.3) is 0 Å². The number of nitrogens with one attached hydrogen (secondary N) is 1. The van der Waals surface area contributed by atoms with E-state index in [9.17, 15) is 9.70 Å². The van der Waals surface area contributed by atoms with E-state index in [2.05, 4.69) is 15.5 Å². The molecule has 6 heteroatoms. The lowest BCUT2D eigenvalue weighted by atomic mass is 10.0. The summed E-state index contributed by atoms with van der Waals surface area (Å²) in [6, 6.07) is 1.33. The molecule has 15 heavy (non-hydrogen) atoms. The molecule has 2 heterocycles. The van der Waals surface area contributed by atoms with Gasteiger partial charge >= 0.3 is 0 Å². The Morgan fingerprint density at radius 1 is 1.60 bits per heavy atom. The number of amides is 1. The van der Waals surface area contributed by atoms with Crippen LogP contribution < -0.4 is 11.1 Å². The number of fused-ring (bicyclic) bond motifs is 1. The molecule has 3 N–H and O–H groups in total. The fraction of sp³-hybridized carbons (Fsp3) is 0.333. The number of nitrogens with zero attached hydrogens (tertiary/aromatic N) is 2. The van der Waals surface area contributed by atoms with E-state index in [0.29, 0.717) is 11.4 Å². The molecule has 0 bridgehead atoms. The second-order valence-corrected chi connectivity index (χ2v) is 3.34. The second kappa shape index (κ2) is 3.64. The highest BCUT2D eigenvalue weighted by atomic mass is 16.3. The predicted molar refractivity (Wildman–Crippen MR) is 55.0 cm³/mol. The number of nitrogens with two attached hydrogens (primary N) is 1. The van der Waals surface area contributed by atoms with Crippen molar-refractivity contribution in [1.82, 2.24) is 4.98 Å². The normalized spacial score (nSPS) is 13.9. The molecule has 2 rings (SSSR count). The lowest BCUT2D eigenvalue weighted by Crippen LogP contribution is -2.20. The van der Waals surface area contributed by atoms with Gasteiger partial charge in [0.15, 0.2) is 5.82 Å². The molecular formula is C9H10N4O2. The quantitative estimate of drug-likeness (QED) is 0.703. The molecule has 1 aromatic rings. The van der Waals surface area contributed by atoms with E-state index >= 15 is 0 Å². The summed E-state index contributed by atoms with van der Waals surface area (Å²) in [6.07, 6.45) is 1.66. The third-order valence-electron chi connectivity index (χ3n) is 2.37. The van der Waals surface area contributed by atoms with Crippen molar-refractivity contribution in [2.45, 2.75) is 12.8 Å². The van der Waals surface area contributed by atoms with E-state index in [0.717, 1.165) is 24.9 Å². The van der Waals surface area contributed by atoms with E-state index in [1.165, 1.54) is 6.07 Å². The van der Waals surface area contributed by atoms with Crippen molar-refractivity contribution >= 4 is 17.5 Å². The van der Waals surface area contributed by atoms with Gasteiger partial charge in [-0.3, -0.25) is 4.79 Å². The Bertz CT molecular complexity index is 430. The number of aromatic nitrogens is 1. The van der Waals surface area contributed by atoms with Crippen LogP contribution in [0.1, 0.15) is 22.3 Å². The molecule has 6 nitrogen and oxygen atoms in total. The number of pyridine rings is 1. The first-order chi connectivity index (χ1) is 7.22. The lowest BCUT2D eigenvalue weighted by Gasteiger charge is -2.18. The molecule has 0 saturated carbocycles. The van der Waals surface area contributed by atoms with Crippen LogP contribution in [0.2, 0.25) is 0 Å². The fourth-order valence-corrected chi connectivity index (χ4v) is 1.70. The third kappa shape index (κ3) is 1.65. The summed E-state index contributed by atoms with van der Waals surface area (Å²) in [4.78, 5) is 25.5. The monoisotopic (exact) mass is 206 g/mol. The maximum atomic E-state index is 11.2. The van der Waals surface area contributed by atoms with Crippen LogP contribution in [0.4, 0.5) is 11.6 Å². The number of hydrogen-bond acceptors (Lipinski definition) is 5. The Hall–Kier alpha value is -1.98. The maximum absolute atomic E-state index is 11.2. The Morgan fingerprint density at radius 3 is 3.07 bits per heavy atom. The van der Waals surface area contributed by atoms with Crippen LogP contribution in [0.3, 0.4) is 0 Å². The van der Waals surface area contributed by atoms with Crippen molar-refractivity contribution in [3.05, 3.63) is 22.1 Å². The molecule has 0 aliphatic carbocycles. The zero-order valence-corrected chi connectivity index (χ0v) is 7.99. The molecule has 1 amide bonds. The van der Waals surface area contributed by atoms with Gasteiger partial charge in [0.1, 0.15) is 5.82 Å². The van der Waals surface area contributed by atoms with E-state index in [1.54, 1.807) is 0 Å². The van der Waals surface area contributed by atoms with Gasteiger partial charge < -0.3 is 11.1 Å². The molecule has 0 spiro atoms. The molecule has 0 atom stereocenters. The van der Waals surface area contributed by atoms with Gasteiger partial charge in [-0.25, -0.2) is 4.98 Å². The minimum atomic E-state index is -0.553. The molecule has 0 aromatic carbocycles. The third-order valence-corrected chi connectivity index (χ3v) is 2.37. The number of anilines is 1. The average Bonchev–Trinajstić information content (AvgIpc) is 2.27. The molecular weight excluding hydrogens is 196 g/mol. The Labute approximate surface area is 85.9 Å². The fourth-order valence-electron chi connectivity index (χ4n) is 1.70. The topological polar surface area (TPSA) is 97.4 Å². The van der Waals surface area contributed by atoms with E-state index in [4.69, 9.17) is 5.73 Å². The van der Waals surface area contributed by atoms with E-state index in [-0.39, 0.29) is 5.82 Å². The van der Waals surface area contributed by atoms with Crippen molar-refractivity contribution in [1.29, 1.82) is 0 Å². The summed E-state index contributed by atoms with van der Waals surface area (Å²) in [5, 5.41) is 5.73. The van der Waals surface area contributed by atoms with Crippen LogP contribution in [0.15, 0.2) is 11.2 Å². The van der Waals surface area contributed by atoms with Gasteiger partial charge in [-0.05, 0) is 24.1 Å². The number of carbonyl (C=O) groups excluding carboxylic acids is 1. The van der Waals surface area contributed by atoms with Crippen LogP contribution in [0.5, 0.6) is 0 Å². The predicted octanol–water partition coefficient (Wildman–Crippen LogP) is 0.936. The van der Waals surface area contributed by atoms with Gasteiger partial charge in [0.2, 0.25) is 5.91 Å². The molecule has 0 fully saturated rings. The molecule has 78 valence electrons. The number of primary amides is 1. The van der Waals surface area contributed by atoms with Crippen LogP contribution in [-0.2, 0) is 6.42 Å². The maximum Gasteiger partial charge on any atom is 0.249 e. The van der Waals surface area contributed by atoms with Crippen molar-refractivity contribution in [3.8, 4) is 0 Å². The first-order valence-corrected chi connectivity index (χ1v) is 4.63. The minimum absolute atomic E-state index is 0.0167. The average molecular weight is 206 g/mol. The van der Waals surface area contributed by atoms with Crippen molar-refractivity contribution in [2.75, 3.05) is 11.9 Å².